The summed E-state index contributed by atoms with van der Waals surface area (Å²) in [4.78, 5) is 25.8. The number of hydrogen-bond acceptors (Lipinski definition) is 4. The van der Waals surface area contributed by atoms with Crippen LogP contribution in [0.5, 0.6) is 0 Å². The molecule has 1 aliphatic rings. The van der Waals surface area contributed by atoms with Crippen molar-refractivity contribution in [1.82, 2.24) is 0 Å². The van der Waals surface area contributed by atoms with Crippen molar-refractivity contribution in [1.29, 1.82) is 0 Å². The molecule has 1 unspecified atom stereocenters. The van der Waals surface area contributed by atoms with E-state index in [0.29, 0.717) is 24.0 Å². The van der Waals surface area contributed by atoms with Crippen LogP contribution in [0.2, 0.25) is 0 Å². The van der Waals surface area contributed by atoms with Gasteiger partial charge >= 0.3 is 5.97 Å². The molecule has 0 spiro atoms. The molecule has 4 atom stereocenters. The highest BCUT2D eigenvalue weighted by atomic mass is 35.5. The van der Waals surface area contributed by atoms with Crippen LogP contribution in [-0.4, -0.2) is 29.8 Å². The first-order valence-electron chi connectivity index (χ1n) is 12.6. The van der Waals surface area contributed by atoms with Crippen molar-refractivity contribution in [3.05, 3.63) is 119 Å². The SMILES string of the molecule is CC(C(=O)OC[C@@H]1C[C@H](Cl)C[C@H](c2cccc3ccccc23)O1)c1cccc(C(=O)c2ccccc2)c1. The van der Waals surface area contributed by atoms with E-state index in [2.05, 4.69) is 24.3 Å². The first-order chi connectivity index (χ1) is 18.0. The smallest absolute Gasteiger partial charge is 0.313 e. The highest BCUT2D eigenvalue weighted by molar-refractivity contribution is 6.20. The minimum Gasteiger partial charge on any atom is -0.462 e. The zero-order valence-corrected chi connectivity index (χ0v) is 21.4. The van der Waals surface area contributed by atoms with Gasteiger partial charge in [-0.05, 0) is 47.7 Å². The van der Waals surface area contributed by atoms with Crippen LogP contribution in [0, 0.1) is 0 Å². The number of fused-ring (bicyclic) bond motifs is 1. The Hall–Kier alpha value is -3.47. The lowest BCUT2D eigenvalue weighted by molar-refractivity contribution is -0.153. The summed E-state index contributed by atoms with van der Waals surface area (Å²) in [5.41, 5.74) is 3.00. The number of ketones is 1. The molecule has 4 nitrogen and oxygen atoms in total. The van der Waals surface area contributed by atoms with Crippen LogP contribution in [0.3, 0.4) is 0 Å². The third-order valence-corrected chi connectivity index (χ3v) is 7.32. The Morgan fingerprint density at radius 3 is 2.43 bits per heavy atom. The zero-order valence-electron chi connectivity index (χ0n) is 20.7. The van der Waals surface area contributed by atoms with Gasteiger partial charge in [0.15, 0.2) is 5.78 Å². The van der Waals surface area contributed by atoms with Crippen molar-refractivity contribution in [3.8, 4) is 0 Å². The molecule has 0 N–H and O–H groups in total. The predicted octanol–water partition coefficient (Wildman–Crippen LogP) is 7.25. The van der Waals surface area contributed by atoms with Gasteiger partial charge in [-0.1, -0.05) is 91.0 Å². The highest BCUT2D eigenvalue weighted by Crippen LogP contribution is 2.37. The van der Waals surface area contributed by atoms with E-state index in [0.717, 1.165) is 21.9 Å². The predicted molar refractivity (Wildman–Crippen MR) is 146 cm³/mol. The zero-order chi connectivity index (χ0) is 25.8. The summed E-state index contributed by atoms with van der Waals surface area (Å²) in [6.45, 7) is 1.93. The monoisotopic (exact) mass is 512 g/mol. The van der Waals surface area contributed by atoms with E-state index in [4.69, 9.17) is 21.1 Å². The molecule has 5 rings (SSSR count). The van der Waals surface area contributed by atoms with Gasteiger partial charge in [0, 0.05) is 16.5 Å². The quantitative estimate of drug-likeness (QED) is 0.149. The fourth-order valence-corrected chi connectivity index (χ4v) is 5.30. The fourth-order valence-electron chi connectivity index (χ4n) is 4.94. The molecule has 1 heterocycles. The highest BCUT2D eigenvalue weighted by Gasteiger charge is 2.31. The second kappa shape index (κ2) is 11.3. The third-order valence-electron chi connectivity index (χ3n) is 6.97. The average molecular weight is 513 g/mol. The lowest BCUT2D eigenvalue weighted by Crippen LogP contribution is -2.33. The molecule has 4 aromatic rings. The molecule has 37 heavy (non-hydrogen) atoms. The van der Waals surface area contributed by atoms with Gasteiger partial charge in [0.05, 0.1) is 18.1 Å². The number of hydrogen-bond donors (Lipinski definition) is 0. The number of carbonyl (C=O) groups excluding carboxylic acids is 2. The van der Waals surface area contributed by atoms with E-state index >= 15 is 0 Å². The lowest BCUT2D eigenvalue weighted by Gasteiger charge is -2.33. The maximum absolute atomic E-state index is 12.9. The minimum absolute atomic E-state index is 0.0699. The minimum atomic E-state index is -0.521. The summed E-state index contributed by atoms with van der Waals surface area (Å²) >= 11 is 6.63. The van der Waals surface area contributed by atoms with E-state index in [9.17, 15) is 9.59 Å². The lowest BCUT2D eigenvalue weighted by atomic mass is 9.94. The molecule has 0 saturated carbocycles. The normalized spacial score (nSPS) is 20.3. The fraction of sp³-hybridized carbons (Fsp3) is 0.250. The van der Waals surface area contributed by atoms with Crippen LogP contribution in [0.1, 0.15) is 58.8 Å². The average Bonchev–Trinajstić information content (AvgIpc) is 2.95. The number of esters is 1. The molecular formula is C32H29ClO4. The van der Waals surface area contributed by atoms with Crippen molar-refractivity contribution in [2.45, 2.75) is 43.3 Å². The maximum Gasteiger partial charge on any atom is 0.313 e. The van der Waals surface area contributed by atoms with Crippen LogP contribution in [0.4, 0.5) is 0 Å². The largest absolute Gasteiger partial charge is 0.462 e. The maximum atomic E-state index is 12.9. The molecule has 188 valence electrons. The molecular weight excluding hydrogens is 484 g/mol. The number of halogens is 1. The van der Waals surface area contributed by atoms with Crippen LogP contribution in [-0.2, 0) is 14.3 Å². The Morgan fingerprint density at radius 1 is 0.892 bits per heavy atom. The summed E-state index contributed by atoms with van der Waals surface area (Å²) in [6.07, 6.45) is 0.871. The van der Waals surface area contributed by atoms with E-state index in [1.807, 2.05) is 42.5 Å². The standard InChI is InChI=1S/C32H29ClO4/c1-21(24-13-7-14-25(17-24)31(34)23-10-3-2-4-11-23)32(35)36-20-27-18-26(33)19-30(37-27)29-16-8-12-22-9-5-6-15-28(22)29/h2-17,21,26-27,30H,18-20H2,1H3/t21?,26-,27-,30+/m0/s1. The van der Waals surface area contributed by atoms with E-state index in [1.165, 1.54) is 0 Å². The Bertz CT molecular complexity index is 1400. The van der Waals surface area contributed by atoms with Crippen molar-refractivity contribution < 1.29 is 19.1 Å². The first-order valence-corrected chi connectivity index (χ1v) is 13.1. The molecule has 4 aromatic carbocycles. The number of alkyl halides is 1. The van der Waals surface area contributed by atoms with Gasteiger partial charge in [-0.2, -0.15) is 0 Å². The number of ether oxygens (including phenoxy) is 2. The van der Waals surface area contributed by atoms with Crippen LogP contribution in [0.25, 0.3) is 10.8 Å². The van der Waals surface area contributed by atoms with Gasteiger partial charge in [-0.3, -0.25) is 9.59 Å². The van der Waals surface area contributed by atoms with Gasteiger partial charge in [0.2, 0.25) is 0 Å². The summed E-state index contributed by atoms with van der Waals surface area (Å²) in [5, 5.41) is 2.24. The number of rotatable bonds is 7. The summed E-state index contributed by atoms with van der Waals surface area (Å²) < 4.78 is 12.1. The van der Waals surface area contributed by atoms with Gasteiger partial charge in [0.1, 0.15) is 6.61 Å². The van der Waals surface area contributed by atoms with Crippen molar-refractivity contribution in [2.24, 2.45) is 0 Å². The van der Waals surface area contributed by atoms with Crippen molar-refractivity contribution in [2.75, 3.05) is 6.61 Å². The molecule has 5 heteroatoms. The second-order valence-electron chi connectivity index (χ2n) is 9.56. The Balaban J connectivity index is 1.24. The van der Waals surface area contributed by atoms with Crippen molar-refractivity contribution in [3.63, 3.8) is 0 Å². The Labute approximate surface area is 222 Å². The van der Waals surface area contributed by atoms with Crippen LogP contribution < -0.4 is 0 Å². The topological polar surface area (TPSA) is 52.6 Å². The molecule has 0 aromatic heterocycles. The summed E-state index contributed by atoms with van der Waals surface area (Å²) in [6, 6.07) is 30.7. The molecule has 0 bridgehead atoms. The Kier molecular flexibility index (Phi) is 7.68. The third kappa shape index (κ3) is 5.76. The van der Waals surface area contributed by atoms with Crippen LogP contribution >= 0.6 is 11.6 Å². The van der Waals surface area contributed by atoms with Gasteiger partial charge < -0.3 is 9.47 Å². The summed E-state index contributed by atoms with van der Waals surface area (Å²) in [7, 11) is 0. The van der Waals surface area contributed by atoms with Gasteiger partial charge in [-0.25, -0.2) is 0 Å². The van der Waals surface area contributed by atoms with E-state index < -0.39 is 5.92 Å². The number of benzene rings is 4. The first kappa shape index (κ1) is 25.2. The Morgan fingerprint density at radius 2 is 1.59 bits per heavy atom. The molecule has 0 aliphatic carbocycles. The van der Waals surface area contributed by atoms with E-state index in [-0.39, 0.29) is 35.9 Å². The van der Waals surface area contributed by atoms with Gasteiger partial charge in [0.25, 0.3) is 0 Å². The molecule has 1 aliphatic heterocycles. The number of carbonyl (C=O) groups is 2. The van der Waals surface area contributed by atoms with E-state index in [1.54, 1.807) is 37.3 Å². The van der Waals surface area contributed by atoms with Gasteiger partial charge in [-0.15, -0.1) is 11.6 Å². The molecule has 0 radical (unpaired) electrons. The summed E-state index contributed by atoms with van der Waals surface area (Å²) in [5.74, 6) is -0.953. The van der Waals surface area contributed by atoms with Crippen molar-refractivity contribution >= 4 is 34.1 Å². The molecule has 1 saturated heterocycles. The second-order valence-corrected chi connectivity index (χ2v) is 10.2. The molecule has 0 amide bonds. The van der Waals surface area contributed by atoms with Crippen LogP contribution in [0.15, 0.2) is 97.1 Å². The molecule has 1 fully saturated rings.